The SMILES string of the molecule is CCCCC(=NOC)OCc1ccc(C)cc1. The van der Waals surface area contributed by atoms with Crippen molar-refractivity contribution in [2.24, 2.45) is 5.16 Å². The maximum Gasteiger partial charge on any atom is 0.225 e. The highest BCUT2D eigenvalue weighted by Crippen LogP contribution is 2.07. The van der Waals surface area contributed by atoms with E-state index in [2.05, 4.69) is 43.3 Å². The highest BCUT2D eigenvalue weighted by atomic mass is 16.6. The molecule has 0 atom stereocenters. The lowest BCUT2D eigenvalue weighted by Gasteiger charge is -2.08. The molecule has 94 valence electrons. The van der Waals surface area contributed by atoms with Crippen molar-refractivity contribution in [2.75, 3.05) is 7.11 Å². The van der Waals surface area contributed by atoms with Gasteiger partial charge in [-0.2, -0.15) is 0 Å². The van der Waals surface area contributed by atoms with E-state index in [0.29, 0.717) is 12.5 Å². The maximum atomic E-state index is 5.64. The molecular weight excluding hydrogens is 214 g/mol. The lowest BCUT2D eigenvalue weighted by atomic mass is 10.2. The molecular formula is C14H21NO2. The van der Waals surface area contributed by atoms with Gasteiger partial charge in [-0.05, 0) is 18.9 Å². The second-order valence-electron chi connectivity index (χ2n) is 4.05. The second-order valence-corrected chi connectivity index (χ2v) is 4.05. The summed E-state index contributed by atoms with van der Waals surface area (Å²) in [6, 6.07) is 8.30. The Kier molecular flexibility index (Phi) is 6.15. The molecule has 0 aliphatic rings. The van der Waals surface area contributed by atoms with Gasteiger partial charge in [0.05, 0.1) is 0 Å². The zero-order valence-corrected chi connectivity index (χ0v) is 10.9. The van der Waals surface area contributed by atoms with Gasteiger partial charge in [0.2, 0.25) is 5.90 Å². The lowest BCUT2D eigenvalue weighted by molar-refractivity contribution is 0.184. The number of unbranched alkanes of at least 4 members (excludes halogenated alkanes) is 1. The fourth-order valence-electron chi connectivity index (χ4n) is 1.42. The van der Waals surface area contributed by atoms with Crippen molar-refractivity contribution >= 4 is 5.90 Å². The van der Waals surface area contributed by atoms with Crippen LogP contribution in [0.1, 0.15) is 37.3 Å². The number of nitrogens with zero attached hydrogens (tertiary/aromatic N) is 1. The van der Waals surface area contributed by atoms with E-state index in [1.807, 2.05) is 0 Å². The smallest absolute Gasteiger partial charge is 0.225 e. The topological polar surface area (TPSA) is 30.8 Å². The summed E-state index contributed by atoms with van der Waals surface area (Å²) < 4.78 is 5.64. The van der Waals surface area contributed by atoms with Crippen LogP contribution >= 0.6 is 0 Å². The molecule has 0 unspecified atom stereocenters. The third-order valence-corrected chi connectivity index (χ3v) is 2.46. The Balaban J connectivity index is 2.46. The molecule has 0 radical (unpaired) electrons. The number of aryl methyl sites for hydroxylation is 1. The molecule has 0 spiro atoms. The van der Waals surface area contributed by atoms with E-state index in [-0.39, 0.29) is 0 Å². The molecule has 0 amide bonds. The zero-order chi connectivity index (χ0) is 12.5. The van der Waals surface area contributed by atoms with Crippen molar-refractivity contribution in [3.8, 4) is 0 Å². The van der Waals surface area contributed by atoms with E-state index in [4.69, 9.17) is 9.57 Å². The quantitative estimate of drug-likeness (QED) is 0.428. The Morgan fingerprint density at radius 2 is 1.94 bits per heavy atom. The molecule has 0 aliphatic carbocycles. The Bertz CT molecular complexity index is 344. The molecule has 0 aromatic heterocycles. The van der Waals surface area contributed by atoms with E-state index in [1.54, 1.807) is 7.11 Å². The first-order chi connectivity index (χ1) is 8.26. The summed E-state index contributed by atoms with van der Waals surface area (Å²) in [5.41, 5.74) is 2.40. The summed E-state index contributed by atoms with van der Waals surface area (Å²) in [6.07, 6.45) is 3.02. The monoisotopic (exact) mass is 235 g/mol. The van der Waals surface area contributed by atoms with Crippen molar-refractivity contribution in [1.29, 1.82) is 0 Å². The van der Waals surface area contributed by atoms with E-state index >= 15 is 0 Å². The van der Waals surface area contributed by atoms with Gasteiger partial charge in [0.15, 0.2) is 0 Å². The average Bonchev–Trinajstić information content (AvgIpc) is 2.35. The molecule has 1 rings (SSSR count). The van der Waals surface area contributed by atoms with Crippen molar-refractivity contribution in [2.45, 2.75) is 39.7 Å². The molecule has 1 aromatic carbocycles. The summed E-state index contributed by atoms with van der Waals surface area (Å²) >= 11 is 0. The highest BCUT2D eigenvalue weighted by Gasteiger charge is 2.02. The standard InChI is InChI=1S/C14H21NO2/c1-4-5-6-14(15-16-3)17-11-13-9-7-12(2)8-10-13/h7-10H,4-6,11H2,1-3H3. The Morgan fingerprint density at radius 1 is 1.24 bits per heavy atom. The molecule has 3 heteroatoms. The molecule has 0 N–H and O–H groups in total. The Hall–Kier alpha value is -1.51. The molecule has 0 saturated heterocycles. The van der Waals surface area contributed by atoms with Crippen LogP contribution in [0.5, 0.6) is 0 Å². The Labute approximate surface area is 103 Å². The van der Waals surface area contributed by atoms with Gasteiger partial charge in [-0.15, -0.1) is 0 Å². The van der Waals surface area contributed by atoms with Gasteiger partial charge in [0.1, 0.15) is 13.7 Å². The largest absolute Gasteiger partial charge is 0.474 e. The molecule has 0 saturated carbocycles. The summed E-state index contributed by atoms with van der Waals surface area (Å²) in [5, 5.41) is 3.89. The number of oxime groups is 1. The van der Waals surface area contributed by atoms with Gasteiger partial charge in [-0.1, -0.05) is 48.3 Å². The first-order valence-electron chi connectivity index (χ1n) is 6.04. The van der Waals surface area contributed by atoms with Crippen LogP contribution < -0.4 is 0 Å². The second kappa shape index (κ2) is 7.71. The van der Waals surface area contributed by atoms with Crippen LogP contribution in [0.15, 0.2) is 29.4 Å². The van der Waals surface area contributed by atoms with Crippen molar-refractivity contribution in [1.82, 2.24) is 0 Å². The van der Waals surface area contributed by atoms with Gasteiger partial charge in [0.25, 0.3) is 0 Å². The Morgan fingerprint density at radius 3 is 2.53 bits per heavy atom. The van der Waals surface area contributed by atoms with Crippen LogP contribution in [0.3, 0.4) is 0 Å². The lowest BCUT2D eigenvalue weighted by Crippen LogP contribution is -2.05. The van der Waals surface area contributed by atoms with Crippen molar-refractivity contribution in [3.63, 3.8) is 0 Å². The number of benzene rings is 1. The van der Waals surface area contributed by atoms with Crippen molar-refractivity contribution < 1.29 is 9.57 Å². The van der Waals surface area contributed by atoms with Crippen LogP contribution in [0.4, 0.5) is 0 Å². The van der Waals surface area contributed by atoms with Crippen LogP contribution in [0.25, 0.3) is 0 Å². The molecule has 1 aromatic rings. The average molecular weight is 235 g/mol. The van der Waals surface area contributed by atoms with Crippen LogP contribution in [0, 0.1) is 6.92 Å². The first-order valence-corrected chi connectivity index (χ1v) is 6.04. The normalized spacial score (nSPS) is 11.4. The molecule has 0 bridgehead atoms. The first kappa shape index (κ1) is 13.6. The fraction of sp³-hybridized carbons (Fsp3) is 0.500. The number of rotatable bonds is 6. The minimum Gasteiger partial charge on any atom is -0.474 e. The summed E-state index contributed by atoms with van der Waals surface area (Å²) in [6.45, 7) is 4.76. The van der Waals surface area contributed by atoms with Crippen LogP contribution in [-0.4, -0.2) is 13.0 Å². The minimum atomic E-state index is 0.548. The van der Waals surface area contributed by atoms with Gasteiger partial charge in [-0.3, -0.25) is 0 Å². The molecule has 0 aliphatic heterocycles. The van der Waals surface area contributed by atoms with Gasteiger partial charge in [-0.25, -0.2) is 0 Å². The zero-order valence-electron chi connectivity index (χ0n) is 10.9. The maximum absolute atomic E-state index is 5.64. The fourth-order valence-corrected chi connectivity index (χ4v) is 1.42. The summed E-state index contributed by atoms with van der Waals surface area (Å²) in [5.74, 6) is 0.676. The van der Waals surface area contributed by atoms with Gasteiger partial charge >= 0.3 is 0 Å². The predicted octanol–water partition coefficient (Wildman–Crippen LogP) is 3.66. The van der Waals surface area contributed by atoms with E-state index in [1.165, 1.54) is 5.56 Å². The van der Waals surface area contributed by atoms with Crippen molar-refractivity contribution in [3.05, 3.63) is 35.4 Å². The number of hydrogen-bond donors (Lipinski definition) is 0. The highest BCUT2D eigenvalue weighted by molar-refractivity contribution is 5.75. The predicted molar refractivity (Wildman–Crippen MR) is 69.9 cm³/mol. The van der Waals surface area contributed by atoms with Crippen LogP contribution in [-0.2, 0) is 16.2 Å². The molecule has 0 heterocycles. The molecule has 0 fully saturated rings. The molecule has 3 nitrogen and oxygen atoms in total. The third-order valence-electron chi connectivity index (χ3n) is 2.46. The number of hydrogen-bond acceptors (Lipinski definition) is 3. The minimum absolute atomic E-state index is 0.548. The van der Waals surface area contributed by atoms with E-state index < -0.39 is 0 Å². The molecule has 17 heavy (non-hydrogen) atoms. The third kappa shape index (κ3) is 5.38. The van der Waals surface area contributed by atoms with E-state index in [9.17, 15) is 0 Å². The summed E-state index contributed by atoms with van der Waals surface area (Å²) in [7, 11) is 1.54. The van der Waals surface area contributed by atoms with Gasteiger partial charge < -0.3 is 9.57 Å². The number of ether oxygens (including phenoxy) is 1. The van der Waals surface area contributed by atoms with Crippen LogP contribution in [0.2, 0.25) is 0 Å². The van der Waals surface area contributed by atoms with Gasteiger partial charge in [0, 0.05) is 6.42 Å². The summed E-state index contributed by atoms with van der Waals surface area (Å²) in [4.78, 5) is 4.77. The van der Waals surface area contributed by atoms with E-state index in [0.717, 1.165) is 24.8 Å².